The zero-order valence-corrected chi connectivity index (χ0v) is 9.61. The van der Waals surface area contributed by atoms with Crippen LogP contribution in [-0.4, -0.2) is 17.4 Å². The lowest BCUT2D eigenvalue weighted by Crippen LogP contribution is -2.38. The lowest BCUT2D eigenvalue weighted by Gasteiger charge is -2.24. The Bertz CT molecular complexity index is 711. The Morgan fingerprint density at radius 1 is 1.11 bits per heavy atom. The highest BCUT2D eigenvalue weighted by Crippen LogP contribution is 2.32. The average molecular weight is 266 g/mol. The normalized spacial score (nSPS) is 21.4. The molecule has 1 atom stereocenters. The predicted octanol–water partition coefficient (Wildman–Crippen LogP) is 1.92. The van der Waals surface area contributed by atoms with E-state index in [4.69, 9.17) is 4.74 Å². The minimum absolute atomic E-state index is 0.266. The van der Waals surface area contributed by atoms with Crippen molar-refractivity contribution in [2.75, 3.05) is 0 Å². The quantitative estimate of drug-likeness (QED) is 0.777. The highest BCUT2D eigenvalue weighted by atomic mass is 19.4. The third kappa shape index (κ3) is 1.91. The van der Waals surface area contributed by atoms with E-state index in [0.717, 1.165) is 12.2 Å². The van der Waals surface area contributed by atoms with Crippen LogP contribution in [0.2, 0.25) is 0 Å². The van der Waals surface area contributed by atoms with Gasteiger partial charge in [-0.15, -0.1) is 0 Å². The molecule has 2 aliphatic rings. The molecule has 1 aliphatic carbocycles. The molecule has 3 rings (SSSR count). The molecule has 0 fully saturated rings. The van der Waals surface area contributed by atoms with Crippen LogP contribution in [0.3, 0.4) is 0 Å². The summed E-state index contributed by atoms with van der Waals surface area (Å²) in [6, 6.07) is 6.67. The fourth-order valence-electron chi connectivity index (χ4n) is 2.21. The van der Waals surface area contributed by atoms with Gasteiger partial charge in [-0.05, 0) is 23.4 Å². The molecular weight excluding hydrogens is 257 g/mol. The van der Waals surface area contributed by atoms with Crippen molar-refractivity contribution in [3.05, 3.63) is 58.5 Å². The Kier molecular flexibility index (Phi) is 2.45. The molecule has 0 spiro atoms. The van der Waals surface area contributed by atoms with Crippen molar-refractivity contribution in [1.82, 2.24) is 0 Å². The van der Waals surface area contributed by atoms with Crippen molar-refractivity contribution in [2.45, 2.75) is 12.3 Å². The number of allylic oxidation sites excluding steroid dienone is 2. The average Bonchev–Trinajstić information content (AvgIpc) is 2.37. The number of fused-ring (bicyclic) bond motifs is 2. The summed E-state index contributed by atoms with van der Waals surface area (Å²) < 4.78 is 43.4. The van der Waals surface area contributed by atoms with Crippen LogP contribution in [0.4, 0.5) is 13.2 Å². The van der Waals surface area contributed by atoms with Crippen molar-refractivity contribution < 1.29 is 23.0 Å². The van der Waals surface area contributed by atoms with Crippen LogP contribution in [0.5, 0.6) is 0 Å². The van der Waals surface area contributed by atoms with Gasteiger partial charge < -0.3 is 9.84 Å². The second-order valence-electron chi connectivity index (χ2n) is 4.30. The molecular formula is C14H9F3O2. The molecule has 0 radical (unpaired) electrons. The third-order valence-corrected chi connectivity index (χ3v) is 3.10. The van der Waals surface area contributed by atoms with Gasteiger partial charge in [0.1, 0.15) is 6.10 Å². The summed E-state index contributed by atoms with van der Waals surface area (Å²) in [5.41, 5.74) is -0.318. The minimum Gasteiger partial charge on any atom is -0.481 e. The van der Waals surface area contributed by atoms with Gasteiger partial charge >= 0.3 is 6.18 Å². The van der Waals surface area contributed by atoms with Crippen LogP contribution in [-0.2, 0) is 4.74 Å². The molecule has 0 aromatic heterocycles. The number of hydrogen-bond acceptors (Lipinski definition) is 2. The zero-order valence-electron chi connectivity index (χ0n) is 9.61. The summed E-state index contributed by atoms with van der Waals surface area (Å²) in [5, 5.41) is 10.7. The number of aliphatic hydroxyl groups is 1. The highest BCUT2D eigenvalue weighted by Gasteiger charge is 2.35. The number of halogens is 3. The molecule has 0 amide bonds. The van der Waals surface area contributed by atoms with Gasteiger partial charge in [-0.2, -0.15) is 13.2 Å². The van der Waals surface area contributed by atoms with Crippen LogP contribution in [0.25, 0.3) is 11.5 Å². The topological polar surface area (TPSA) is 29.5 Å². The number of alkyl halides is 3. The molecule has 1 aromatic rings. The summed E-state index contributed by atoms with van der Waals surface area (Å²) >= 11 is 0. The molecule has 1 heterocycles. The SMILES string of the molecule is OC1=c2ccccc2=C2C=C(C(F)(F)F)C=CC2O1. The van der Waals surface area contributed by atoms with E-state index in [1.165, 1.54) is 6.08 Å². The fourth-order valence-corrected chi connectivity index (χ4v) is 2.21. The molecule has 19 heavy (non-hydrogen) atoms. The van der Waals surface area contributed by atoms with Crippen LogP contribution in [0, 0.1) is 0 Å². The van der Waals surface area contributed by atoms with E-state index in [-0.39, 0.29) is 5.95 Å². The molecule has 5 heteroatoms. The summed E-state index contributed by atoms with van der Waals surface area (Å²) in [5.74, 6) is -0.266. The molecule has 0 saturated heterocycles. The molecule has 1 aromatic carbocycles. The van der Waals surface area contributed by atoms with Gasteiger partial charge in [0.25, 0.3) is 5.95 Å². The van der Waals surface area contributed by atoms with E-state index in [9.17, 15) is 18.3 Å². The number of ether oxygens (including phenoxy) is 1. The predicted molar refractivity (Wildman–Crippen MR) is 63.3 cm³/mol. The minimum atomic E-state index is -4.40. The van der Waals surface area contributed by atoms with Crippen LogP contribution in [0.1, 0.15) is 0 Å². The Morgan fingerprint density at radius 2 is 1.79 bits per heavy atom. The van der Waals surface area contributed by atoms with Crippen LogP contribution in [0.15, 0.2) is 48.1 Å². The highest BCUT2D eigenvalue weighted by molar-refractivity contribution is 5.70. The van der Waals surface area contributed by atoms with E-state index in [1.807, 2.05) is 0 Å². The van der Waals surface area contributed by atoms with E-state index >= 15 is 0 Å². The van der Waals surface area contributed by atoms with Gasteiger partial charge in [0.2, 0.25) is 0 Å². The lowest BCUT2D eigenvalue weighted by atomic mass is 9.95. The van der Waals surface area contributed by atoms with Crippen LogP contribution >= 0.6 is 0 Å². The van der Waals surface area contributed by atoms with Crippen molar-refractivity contribution >= 4 is 11.5 Å². The van der Waals surface area contributed by atoms with Gasteiger partial charge in [0.05, 0.1) is 10.8 Å². The first-order valence-corrected chi connectivity index (χ1v) is 5.63. The van der Waals surface area contributed by atoms with Crippen LogP contribution < -0.4 is 10.4 Å². The second-order valence-corrected chi connectivity index (χ2v) is 4.30. The molecule has 1 aliphatic heterocycles. The Morgan fingerprint density at radius 3 is 2.47 bits per heavy atom. The first-order valence-electron chi connectivity index (χ1n) is 5.63. The lowest BCUT2D eigenvalue weighted by molar-refractivity contribution is -0.0883. The first kappa shape index (κ1) is 11.9. The van der Waals surface area contributed by atoms with Gasteiger partial charge in [0, 0.05) is 5.57 Å². The van der Waals surface area contributed by atoms with Crippen molar-refractivity contribution in [1.29, 1.82) is 0 Å². The monoisotopic (exact) mass is 266 g/mol. The van der Waals surface area contributed by atoms with E-state index in [1.54, 1.807) is 24.3 Å². The first-order chi connectivity index (χ1) is 8.97. The molecule has 98 valence electrons. The van der Waals surface area contributed by atoms with Crippen molar-refractivity contribution in [3.8, 4) is 0 Å². The fraction of sp³-hybridized carbons (Fsp3) is 0.143. The molecule has 1 N–H and O–H groups in total. The smallest absolute Gasteiger partial charge is 0.416 e. The van der Waals surface area contributed by atoms with E-state index in [2.05, 4.69) is 0 Å². The van der Waals surface area contributed by atoms with Crippen molar-refractivity contribution in [2.24, 2.45) is 0 Å². The Hall–Kier alpha value is -2.17. The third-order valence-electron chi connectivity index (χ3n) is 3.10. The Balaban J connectivity index is 2.31. The number of hydrogen-bond donors (Lipinski definition) is 1. The second kappa shape index (κ2) is 3.91. The van der Waals surface area contributed by atoms with Gasteiger partial charge in [-0.25, -0.2) is 0 Å². The number of aliphatic hydroxyl groups excluding tert-OH is 1. The van der Waals surface area contributed by atoms with Gasteiger partial charge in [-0.3, -0.25) is 0 Å². The van der Waals surface area contributed by atoms with Gasteiger partial charge in [0.15, 0.2) is 0 Å². The van der Waals surface area contributed by atoms with Gasteiger partial charge in [-0.1, -0.05) is 24.3 Å². The largest absolute Gasteiger partial charge is 0.481 e. The van der Waals surface area contributed by atoms with E-state index < -0.39 is 17.9 Å². The van der Waals surface area contributed by atoms with E-state index in [0.29, 0.717) is 16.0 Å². The maximum atomic E-state index is 12.7. The maximum absolute atomic E-state index is 12.7. The summed E-state index contributed by atoms with van der Waals surface area (Å²) in [6.45, 7) is 0. The molecule has 0 saturated carbocycles. The number of benzene rings is 1. The molecule has 1 unspecified atom stereocenters. The summed E-state index contributed by atoms with van der Waals surface area (Å²) in [7, 11) is 0. The summed E-state index contributed by atoms with van der Waals surface area (Å²) in [6.07, 6.45) is -1.75. The summed E-state index contributed by atoms with van der Waals surface area (Å²) in [4.78, 5) is 0. The standard InChI is InChI=1S/C14H9F3O2/c15-14(16,17)8-5-6-12-11(7-8)9-3-1-2-4-10(9)13(18)19-12/h1-7,12,18H. The zero-order chi connectivity index (χ0) is 13.6. The Labute approximate surface area is 106 Å². The maximum Gasteiger partial charge on any atom is 0.416 e. The molecule has 2 nitrogen and oxygen atoms in total. The van der Waals surface area contributed by atoms with Crippen molar-refractivity contribution in [3.63, 3.8) is 0 Å². The molecule has 0 bridgehead atoms. The number of rotatable bonds is 0.